The van der Waals surface area contributed by atoms with Gasteiger partial charge >= 0.3 is 0 Å². The van der Waals surface area contributed by atoms with E-state index in [-0.39, 0.29) is 0 Å². The highest BCUT2D eigenvalue weighted by molar-refractivity contribution is 7.71. The maximum Gasteiger partial charge on any atom is 0.212 e. The van der Waals surface area contributed by atoms with Crippen LogP contribution in [0.4, 0.5) is 0 Å². The van der Waals surface area contributed by atoms with Gasteiger partial charge in [0.1, 0.15) is 10.4 Å². The molecule has 0 spiro atoms. The number of rotatable bonds is 3. The molecular formula is C20H16ClN3OS. The van der Waals surface area contributed by atoms with Crippen molar-refractivity contribution in [3.05, 3.63) is 70.1 Å². The summed E-state index contributed by atoms with van der Waals surface area (Å²) in [6, 6.07) is 13.7. The van der Waals surface area contributed by atoms with Crippen molar-refractivity contribution in [1.29, 1.82) is 0 Å². The van der Waals surface area contributed by atoms with Crippen LogP contribution in [0, 0.1) is 11.6 Å². The minimum Gasteiger partial charge on any atom is -0.497 e. The monoisotopic (exact) mass is 381 g/mol. The van der Waals surface area contributed by atoms with E-state index in [1.54, 1.807) is 13.3 Å². The zero-order valence-electron chi connectivity index (χ0n) is 14.3. The first-order valence-electron chi connectivity index (χ1n) is 8.09. The third-order valence-corrected chi connectivity index (χ3v) is 5.28. The zero-order chi connectivity index (χ0) is 18.3. The van der Waals surface area contributed by atoms with E-state index in [0.717, 1.165) is 38.7 Å². The number of H-pyrrole nitrogens is 1. The molecule has 2 aromatic heterocycles. The topological polar surface area (TPSA) is 42.3 Å². The SMILES string of the molecule is COc1ccc(-c2cn3c(=S)c(-c4cccc(Cl)c4C)cnc3[nH]2)cc1. The normalized spacial score (nSPS) is 11.0. The first-order valence-corrected chi connectivity index (χ1v) is 8.87. The van der Waals surface area contributed by atoms with E-state index >= 15 is 0 Å². The lowest BCUT2D eigenvalue weighted by Crippen LogP contribution is -1.94. The quantitative estimate of drug-likeness (QED) is 0.463. The number of methoxy groups -OCH3 is 1. The Morgan fingerprint density at radius 2 is 1.88 bits per heavy atom. The average molecular weight is 382 g/mol. The van der Waals surface area contributed by atoms with Gasteiger partial charge in [-0.1, -0.05) is 36.0 Å². The van der Waals surface area contributed by atoms with Crippen LogP contribution in [0.1, 0.15) is 5.56 Å². The van der Waals surface area contributed by atoms with E-state index in [1.807, 2.05) is 60.0 Å². The van der Waals surface area contributed by atoms with Crippen LogP contribution in [0.3, 0.4) is 0 Å². The molecule has 0 aliphatic heterocycles. The van der Waals surface area contributed by atoms with Crippen molar-refractivity contribution in [1.82, 2.24) is 14.4 Å². The standard InChI is InChI=1S/C20H16ClN3OS/c1-12-15(4-3-5-17(12)21)16-10-22-20-23-18(11-24(20)19(16)26)13-6-8-14(25-2)9-7-13/h3-11H,1-2H3,(H,22,23). The molecule has 2 aromatic carbocycles. The zero-order valence-corrected chi connectivity index (χ0v) is 15.9. The van der Waals surface area contributed by atoms with Gasteiger partial charge in [0.2, 0.25) is 5.78 Å². The highest BCUT2D eigenvalue weighted by atomic mass is 35.5. The predicted molar refractivity (Wildman–Crippen MR) is 108 cm³/mol. The number of hydrogen-bond acceptors (Lipinski definition) is 3. The highest BCUT2D eigenvalue weighted by Gasteiger charge is 2.11. The van der Waals surface area contributed by atoms with Crippen LogP contribution in [0.15, 0.2) is 54.9 Å². The van der Waals surface area contributed by atoms with Crippen LogP contribution in [-0.4, -0.2) is 21.5 Å². The summed E-state index contributed by atoms with van der Waals surface area (Å²) in [5.41, 5.74) is 4.85. The second-order valence-corrected chi connectivity index (χ2v) is 6.77. The molecule has 4 aromatic rings. The van der Waals surface area contributed by atoms with Gasteiger partial charge in [0.25, 0.3) is 0 Å². The molecule has 0 unspecified atom stereocenters. The van der Waals surface area contributed by atoms with Gasteiger partial charge in [-0.15, -0.1) is 0 Å². The average Bonchev–Trinajstić information content (AvgIpc) is 3.10. The van der Waals surface area contributed by atoms with Crippen molar-refractivity contribution in [2.75, 3.05) is 7.11 Å². The molecule has 0 radical (unpaired) electrons. The fourth-order valence-electron chi connectivity index (χ4n) is 2.96. The molecule has 26 heavy (non-hydrogen) atoms. The molecular weight excluding hydrogens is 366 g/mol. The summed E-state index contributed by atoms with van der Waals surface area (Å²) in [5.74, 6) is 1.52. The molecule has 0 saturated heterocycles. The van der Waals surface area contributed by atoms with Crippen molar-refractivity contribution in [2.45, 2.75) is 6.92 Å². The summed E-state index contributed by atoms with van der Waals surface area (Å²) in [5, 5.41) is 0.718. The number of ether oxygens (including phenoxy) is 1. The van der Waals surface area contributed by atoms with Crippen LogP contribution in [0.2, 0.25) is 5.02 Å². The van der Waals surface area contributed by atoms with Gasteiger partial charge in [-0.25, -0.2) is 4.98 Å². The lowest BCUT2D eigenvalue weighted by molar-refractivity contribution is 0.415. The van der Waals surface area contributed by atoms with Crippen molar-refractivity contribution < 1.29 is 4.74 Å². The minimum absolute atomic E-state index is 0.691. The van der Waals surface area contributed by atoms with E-state index in [2.05, 4.69) is 9.97 Å². The highest BCUT2D eigenvalue weighted by Crippen LogP contribution is 2.30. The number of fused-ring (bicyclic) bond motifs is 1. The molecule has 4 nitrogen and oxygen atoms in total. The van der Waals surface area contributed by atoms with Crippen LogP contribution in [0.5, 0.6) is 5.75 Å². The molecule has 0 bridgehead atoms. The number of imidazole rings is 1. The van der Waals surface area contributed by atoms with Crippen molar-refractivity contribution in [2.24, 2.45) is 0 Å². The predicted octanol–water partition coefficient (Wildman–Crippen LogP) is 5.70. The van der Waals surface area contributed by atoms with Crippen LogP contribution in [0.25, 0.3) is 28.2 Å². The molecule has 2 heterocycles. The number of nitrogens with one attached hydrogen (secondary N) is 1. The molecule has 0 aliphatic carbocycles. The van der Waals surface area contributed by atoms with Crippen molar-refractivity contribution in [3.8, 4) is 28.1 Å². The fourth-order valence-corrected chi connectivity index (χ4v) is 3.44. The number of hydrogen-bond donors (Lipinski definition) is 1. The smallest absolute Gasteiger partial charge is 0.212 e. The number of aromatic amines is 1. The molecule has 0 atom stereocenters. The molecule has 4 rings (SSSR count). The van der Waals surface area contributed by atoms with Gasteiger partial charge in [-0.3, -0.25) is 4.40 Å². The number of aromatic nitrogens is 3. The van der Waals surface area contributed by atoms with E-state index in [4.69, 9.17) is 28.6 Å². The summed E-state index contributed by atoms with van der Waals surface area (Å²) in [6.07, 6.45) is 3.76. The largest absolute Gasteiger partial charge is 0.497 e. The third kappa shape index (κ3) is 2.79. The molecule has 1 N–H and O–H groups in total. The Morgan fingerprint density at radius 1 is 1.12 bits per heavy atom. The van der Waals surface area contributed by atoms with Crippen molar-refractivity contribution >= 4 is 29.6 Å². The Kier molecular flexibility index (Phi) is 4.26. The van der Waals surface area contributed by atoms with E-state index in [9.17, 15) is 0 Å². The van der Waals surface area contributed by atoms with Crippen LogP contribution < -0.4 is 4.74 Å². The molecule has 0 amide bonds. The number of nitrogens with zero attached hydrogens (tertiary/aromatic N) is 2. The second kappa shape index (κ2) is 6.59. The summed E-state index contributed by atoms with van der Waals surface area (Å²) >= 11 is 12.0. The van der Waals surface area contributed by atoms with E-state index < -0.39 is 0 Å². The lowest BCUT2D eigenvalue weighted by Gasteiger charge is -2.08. The Hall–Kier alpha value is -2.63. The Morgan fingerprint density at radius 3 is 2.62 bits per heavy atom. The second-order valence-electron chi connectivity index (χ2n) is 5.98. The summed E-state index contributed by atoms with van der Waals surface area (Å²) in [4.78, 5) is 7.86. The lowest BCUT2D eigenvalue weighted by atomic mass is 10.0. The number of benzene rings is 2. The van der Waals surface area contributed by atoms with Gasteiger partial charge < -0.3 is 9.72 Å². The third-order valence-electron chi connectivity index (χ3n) is 4.46. The maximum absolute atomic E-state index is 6.27. The van der Waals surface area contributed by atoms with E-state index in [1.165, 1.54) is 0 Å². The molecule has 130 valence electrons. The summed E-state index contributed by atoms with van der Waals surface area (Å²) < 4.78 is 7.80. The van der Waals surface area contributed by atoms with Gasteiger partial charge in [0.15, 0.2) is 0 Å². The van der Waals surface area contributed by atoms with Gasteiger partial charge in [0, 0.05) is 23.0 Å². The summed E-state index contributed by atoms with van der Waals surface area (Å²) in [6.45, 7) is 1.99. The Bertz CT molecular complexity index is 1160. The molecule has 6 heteroatoms. The molecule has 0 fully saturated rings. The first kappa shape index (κ1) is 16.8. The van der Waals surface area contributed by atoms with Crippen LogP contribution >= 0.6 is 23.8 Å². The van der Waals surface area contributed by atoms with Gasteiger partial charge in [-0.2, -0.15) is 0 Å². The molecule has 0 saturated carbocycles. The summed E-state index contributed by atoms with van der Waals surface area (Å²) in [7, 11) is 1.65. The van der Waals surface area contributed by atoms with E-state index in [0.29, 0.717) is 10.4 Å². The number of halogens is 1. The van der Waals surface area contributed by atoms with Gasteiger partial charge in [0.05, 0.1) is 12.8 Å². The first-order chi connectivity index (χ1) is 12.6. The van der Waals surface area contributed by atoms with Gasteiger partial charge in [-0.05, 0) is 53.9 Å². The minimum atomic E-state index is 0.691. The Labute approximate surface area is 161 Å². The van der Waals surface area contributed by atoms with Crippen LogP contribution in [-0.2, 0) is 0 Å². The fraction of sp³-hybridized carbons (Fsp3) is 0.100. The maximum atomic E-state index is 6.27. The molecule has 0 aliphatic rings. The Balaban J connectivity index is 1.86. The van der Waals surface area contributed by atoms with Crippen molar-refractivity contribution in [3.63, 3.8) is 0 Å².